The number of nitrogens with zero attached hydrogens (tertiary/aromatic N) is 1. The second kappa shape index (κ2) is 7.87. The largest absolute Gasteiger partial charge is 0.494 e. The Labute approximate surface area is 126 Å². The van der Waals surface area contributed by atoms with Gasteiger partial charge in [0.1, 0.15) is 12.3 Å². The third kappa shape index (κ3) is 5.63. The summed E-state index contributed by atoms with van der Waals surface area (Å²) in [6.45, 7) is 4.54. The summed E-state index contributed by atoms with van der Waals surface area (Å²) in [5.74, 6) is 0.238. The summed E-state index contributed by atoms with van der Waals surface area (Å²) >= 11 is 0. The molecule has 0 fully saturated rings. The molecule has 1 aromatic carbocycles. The van der Waals surface area contributed by atoms with Gasteiger partial charge in [0.2, 0.25) is 15.9 Å². The summed E-state index contributed by atoms with van der Waals surface area (Å²) in [5.41, 5.74) is 0.412. The molecule has 0 radical (unpaired) electrons. The van der Waals surface area contributed by atoms with Crippen LogP contribution in [0.3, 0.4) is 0 Å². The molecule has 0 aliphatic rings. The van der Waals surface area contributed by atoms with Crippen molar-refractivity contribution in [3.8, 4) is 5.75 Å². The second-order valence-electron chi connectivity index (χ2n) is 4.55. The zero-order valence-corrected chi connectivity index (χ0v) is 13.4. The van der Waals surface area contributed by atoms with Gasteiger partial charge in [0, 0.05) is 12.6 Å². The maximum absolute atomic E-state index is 11.9. The van der Waals surface area contributed by atoms with Gasteiger partial charge in [-0.05, 0) is 25.5 Å². The number of hydrogen-bond donors (Lipinski definition) is 1. The van der Waals surface area contributed by atoms with Crippen molar-refractivity contribution in [3.63, 3.8) is 0 Å². The van der Waals surface area contributed by atoms with E-state index in [0.29, 0.717) is 24.6 Å². The minimum atomic E-state index is -3.55. The van der Waals surface area contributed by atoms with Crippen molar-refractivity contribution >= 4 is 21.6 Å². The Kier molecular flexibility index (Phi) is 6.48. The second-order valence-corrected chi connectivity index (χ2v) is 6.46. The molecule has 0 spiro atoms. The molecule has 0 bridgehead atoms. The molecule has 1 aromatic rings. The van der Waals surface area contributed by atoms with Gasteiger partial charge in [-0.25, -0.2) is 8.42 Å². The van der Waals surface area contributed by atoms with Crippen molar-refractivity contribution in [2.45, 2.75) is 20.3 Å². The summed E-state index contributed by atoms with van der Waals surface area (Å²) in [7, 11) is -3.55. The number of amides is 1. The van der Waals surface area contributed by atoms with Crippen LogP contribution in [0.2, 0.25) is 0 Å². The first kappa shape index (κ1) is 17.3. The number of rotatable bonds is 8. The Bertz CT molecular complexity index is 572. The summed E-state index contributed by atoms with van der Waals surface area (Å²) in [6.07, 6.45) is 1.87. The van der Waals surface area contributed by atoms with Crippen molar-refractivity contribution in [3.05, 3.63) is 24.3 Å². The third-order valence-corrected chi connectivity index (χ3v) is 3.82. The van der Waals surface area contributed by atoms with E-state index in [4.69, 9.17) is 4.74 Å². The fourth-order valence-corrected chi connectivity index (χ4v) is 2.59. The first-order valence-corrected chi connectivity index (χ1v) is 8.70. The highest BCUT2D eigenvalue weighted by molar-refractivity contribution is 7.92. The monoisotopic (exact) mass is 314 g/mol. The van der Waals surface area contributed by atoms with Crippen LogP contribution in [-0.2, 0) is 14.8 Å². The Morgan fingerprint density at radius 2 is 2.05 bits per heavy atom. The number of nitrogens with one attached hydrogen (secondary N) is 1. The van der Waals surface area contributed by atoms with Gasteiger partial charge in [-0.15, -0.1) is 0 Å². The number of hydrogen-bond acceptors (Lipinski definition) is 4. The molecule has 118 valence electrons. The van der Waals surface area contributed by atoms with Gasteiger partial charge in [-0.1, -0.05) is 13.0 Å². The highest BCUT2D eigenvalue weighted by Crippen LogP contribution is 2.23. The average Bonchev–Trinajstić information content (AvgIpc) is 2.42. The van der Waals surface area contributed by atoms with Crippen LogP contribution in [0, 0.1) is 0 Å². The van der Waals surface area contributed by atoms with Crippen LogP contribution in [0.5, 0.6) is 5.75 Å². The smallest absolute Gasteiger partial charge is 0.240 e. The molecule has 6 nitrogen and oxygen atoms in total. The standard InChI is InChI=1S/C14H22N2O4S/c1-4-9-15-14(17)11-16(21(3,18)19)12-7-6-8-13(10-12)20-5-2/h6-8,10H,4-5,9,11H2,1-3H3,(H,15,17). The van der Waals surface area contributed by atoms with Crippen molar-refractivity contribution in [1.29, 1.82) is 0 Å². The molecule has 0 atom stereocenters. The van der Waals surface area contributed by atoms with E-state index in [0.717, 1.165) is 17.0 Å². The fourth-order valence-electron chi connectivity index (χ4n) is 1.75. The Balaban J connectivity index is 2.98. The average molecular weight is 314 g/mol. The molecule has 0 unspecified atom stereocenters. The van der Waals surface area contributed by atoms with E-state index in [1.165, 1.54) is 0 Å². The molecule has 1 amide bonds. The highest BCUT2D eigenvalue weighted by Gasteiger charge is 2.21. The number of anilines is 1. The van der Waals surface area contributed by atoms with Crippen LogP contribution < -0.4 is 14.4 Å². The van der Waals surface area contributed by atoms with Crippen LogP contribution in [-0.4, -0.2) is 40.3 Å². The van der Waals surface area contributed by atoms with Crippen LogP contribution >= 0.6 is 0 Å². The zero-order valence-electron chi connectivity index (χ0n) is 12.6. The molecular formula is C14H22N2O4S. The molecule has 1 N–H and O–H groups in total. The number of carbonyl (C=O) groups excluding carboxylic acids is 1. The SMILES string of the molecule is CCCNC(=O)CN(c1cccc(OCC)c1)S(C)(=O)=O. The summed E-state index contributed by atoms with van der Waals surface area (Å²) in [6, 6.07) is 6.68. The highest BCUT2D eigenvalue weighted by atomic mass is 32.2. The lowest BCUT2D eigenvalue weighted by Crippen LogP contribution is -2.40. The number of carbonyl (C=O) groups is 1. The number of ether oxygens (including phenoxy) is 1. The van der Waals surface area contributed by atoms with E-state index in [-0.39, 0.29) is 12.5 Å². The molecule has 0 aromatic heterocycles. The predicted molar refractivity (Wildman–Crippen MR) is 83.1 cm³/mol. The number of benzene rings is 1. The summed E-state index contributed by atoms with van der Waals surface area (Å²) in [5, 5.41) is 2.67. The van der Waals surface area contributed by atoms with Gasteiger partial charge >= 0.3 is 0 Å². The lowest BCUT2D eigenvalue weighted by atomic mass is 10.3. The topological polar surface area (TPSA) is 75.7 Å². The first-order chi connectivity index (χ1) is 9.88. The summed E-state index contributed by atoms with van der Waals surface area (Å²) < 4.78 is 30.3. The van der Waals surface area contributed by atoms with E-state index in [1.54, 1.807) is 24.3 Å². The van der Waals surface area contributed by atoms with E-state index in [9.17, 15) is 13.2 Å². The van der Waals surface area contributed by atoms with Gasteiger partial charge in [0.25, 0.3) is 0 Å². The Hall–Kier alpha value is -1.76. The molecule has 0 aliphatic heterocycles. The van der Waals surface area contributed by atoms with Gasteiger partial charge in [0.15, 0.2) is 0 Å². The van der Waals surface area contributed by atoms with Crippen molar-refractivity contribution in [1.82, 2.24) is 5.32 Å². The van der Waals surface area contributed by atoms with Crippen molar-refractivity contribution in [2.24, 2.45) is 0 Å². The first-order valence-electron chi connectivity index (χ1n) is 6.85. The van der Waals surface area contributed by atoms with E-state index >= 15 is 0 Å². The maximum atomic E-state index is 11.9. The van der Waals surface area contributed by atoms with Gasteiger partial charge in [-0.2, -0.15) is 0 Å². The molecular weight excluding hydrogens is 292 g/mol. The van der Waals surface area contributed by atoms with E-state index in [2.05, 4.69) is 5.32 Å². The van der Waals surface area contributed by atoms with Gasteiger partial charge in [-0.3, -0.25) is 9.10 Å². The van der Waals surface area contributed by atoms with Crippen molar-refractivity contribution < 1.29 is 17.9 Å². The number of sulfonamides is 1. The zero-order chi connectivity index (χ0) is 15.9. The Morgan fingerprint density at radius 3 is 2.62 bits per heavy atom. The van der Waals surface area contributed by atoms with Gasteiger partial charge < -0.3 is 10.1 Å². The molecule has 0 aliphatic carbocycles. The van der Waals surface area contributed by atoms with Crippen LogP contribution in [0.25, 0.3) is 0 Å². The third-order valence-electron chi connectivity index (χ3n) is 2.68. The molecule has 7 heteroatoms. The summed E-state index contributed by atoms with van der Waals surface area (Å²) in [4.78, 5) is 11.8. The molecule has 0 heterocycles. The predicted octanol–water partition coefficient (Wildman–Crippen LogP) is 1.38. The molecule has 1 rings (SSSR count). The molecule has 21 heavy (non-hydrogen) atoms. The molecule has 0 saturated heterocycles. The lowest BCUT2D eigenvalue weighted by molar-refractivity contribution is -0.119. The van der Waals surface area contributed by atoms with Crippen molar-refractivity contribution in [2.75, 3.05) is 30.3 Å². The molecule has 0 saturated carbocycles. The van der Waals surface area contributed by atoms with Crippen LogP contribution in [0.4, 0.5) is 5.69 Å². The minimum Gasteiger partial charge on any atom is -0.494 e. The maximum Gasteiger partial charge on any atom is 0.240 e. The quantitative estimate of drug-likeness (QED) is 0.786. The van der Waals surface area contributed by atoms with Crippen LogP contribution in [0.15, 0.2) is 24.3 Å². The Morgan fingerprint density at radius 1 is 1.33 bits per heavy atom. The van der Waals surface area contributed by atoms with Gasteiger partial charge in [0.05, 0.1) is 18.6 Å². The minimum absolute atomic E-state index is 0.242. The van der Waals surface area contributed by atoms with E-state index in [1.807, 2.05) is 13.8 Å². The lowest BCUT2D eigenvalue weighted by Gasteiger charge is -2.22. The fraction of sp³-hybridized carbons (Fsp3) is 0.500. The van der Waals surface area contributed by atoms with E-state index < -0.39 is 10.0 Å². The normalized spacial score (nSPS) is 11.0. The van der Waals surface area contributed by atoms with Crippen LogP contribution in [0.1, 0.15) is 20.3 Å².